The number of nitrogens with two attached hydrogens (primary N) is 1. The molecule has 0 amide bonds. The van der Waals surface area contributed by atoms with Gasteiger partial charge in [0.05, 0.1) is 4.92 Å². The quantitative estimate of drug-likeness (QED) is 0.507. The Kier molecular flexibility index (Phi) is 5.16. The van der Waals surface area contributed by atoms with Crippen LogP contribution in [0.3, 0.4) is 0 Å². The van der Waals surface area contributed by atoms with E-state index in [1.54, 1.807) is 6.07 Å². The Balaban J connectivity index is 2.29. The van der Waals surface area contributed by atoms with E-state index >= 15 is 0 Å². The van der Waals surface area contributed by atoms with E-state index in [1.165, 1.54) is 25.7 Å². The maximum atomic E-state index is 11.2. The van der Waals surface area contributed by atoms with E-state index in [1.807, 2.05) is 12.1 Å². The van der Waals surface area contributed by atoms with E-state index in [0.717, 1.165) is 22.9 Å². The molecular formula is C15H21BrN2O2. The summed E-state index contributed by atoms with van der Waals surface area (Å²) in [6.07, 6.45) is 7.75. The zero-order chi connectivity index (χ0) is 14.6. The second kappa shape index (κ2) is 6.68. The second-order valence-corrected chi connectivity index (χ2v) is 6.74. The fourth-order valence-electron chi connectivity index (χ4n) is 3.19. The first kappa shape index (κ1) is 15.4. The minimum atomic E-state index is -0.291. The second-order valence-electron chi connectivity index (χ2n) is 5.83. The molecule has 0 aromatic heterocycles. The third kappa shape index (κ3) is 3.58. The highest BCUT2D eigenvalue weighted by molar-refractivity contribution is 9.10. The monoisotopic (exact) mass is 340 g/mol. The van der Waals surface area contributed by atoms with Crippen molar-refractivity contribution in [1.82, 2.24) is 0 Å². The molecule has 110 valence electrons. The van der Waals surface area contributed by atoms with Crippen LogP contribution in [0.15, 0.2) is 22.7 Å². The van der Waals surface area contributed by atoms with Gasteiger partial charge in [0.25, 0.3) is 5.69 Å². The molecule has 2 N–H and O–H groups in total. The van der Waals surface area contributed by atoms with Crippen LogP contribution in [0.25, 0.3) is 0 Å². The van der Waals surface area contributed by atoms with Crippen LogP contribution in [0.1, 0.15) is 44.1 Å². The fourth-order valence-corrected chi connectivity index (χ4v) is 3.54. The molecule has 4 nitrogen and oxygen atoms in total. The highest BCUT2D eigenvalue weighted by atomic mass is 79.9. The lowest BCUT2D eigenvalue weighted by atomic mass is 9.75. The molecule has 0 heterocycles. The molecule has 0 saturated heterocycles. The van der Waals surface area contributed by atoms with Gasteiger partial charge in [0, 0.05) is 16.1 Å². The molecule has 1 aliphatic carbocycles. The van der Waals surface area contributed by atoms with Crippen molar-refractivity contribution in [3.8, 4) is 0 Å². The number of nitro benzene ring substituents is 1. The molecule has 0 aliphatic heterocycles. The molecule has 5 heteroatoms. The Labute approximate surface area is 128 Å². The third-order valence-electron chi connectivity index (χ3n) is 4.41. The van der Waals surface area contributed by atoms with Gasteiger partial charge in [-0.1, -0.05) is 47.7 Å². The van der Waals surface area contributed by atoms with Crippen molar-refractivity contribution in [2.45, 2.75) is 44.9 Å². The van der Waals surface area contributed by atoms with Gasteiger partial charge in [-0.2, -0.15) is 0 Å². The number of hydrogen-bond acceptors (Lipinski definition) is 3. The van der Waals surface area contributed by atoms with Crippen molar-refractivity contribution < 1.29 is 4.92 Å². The molecule has 2 rings (SSSR count). The number of halogens is 1. The molecular weight excluding hydrogens is 320 g/mol. The van der Waals surface area contributed by atoms with Crippen LogP contribution >= 0.6 is 15.9 Å². The number of hydrogen-bond donors (Lipinski definition) is 1. The molecule has 1 aliphatic rings. The number of nitro groups is 1. The summed E-state index contributed by atoms with van der Waals surface area (Å²) in [6, 6.07) is 5.34. The Morgan fingerprint density at radius 3 is 2.45 bits per heavy atom. The molecule has 0 spiro atoms. The lowest BCUT2D eigenvalue weighted by molar-refractivity contribution is -0.385. The topological polar surface area (TPSA) is 69.2 Å². The maximum absolute atomic E-state index is 11.2. The van der Waals surface area contributed by atoms with Crippen LogP contribution in [-0.2, 0) is 6.42 Å². The Morgan fingerprint density at radius 1 is 1.25 bits per heavy atom. The largest absolute Gasteiger partial charge is 0.330 e. The normalized spacial score (nSPS) is 18.5. The van der Waals surface area contributed by atoms with Crippen LogP contribution in [0.5, 0.6) is 0 Å². The van der Waals surface area contributed by atoms with E-state index in [2.05, 4.69) is 15.9 Å². The fraction of sp³-hybridized carbons (Fsp3) is 0.600. The Hall–Kier alpha value is -0.940. The Morgan fingerprint density at radius 2 is 1.90 bits per heavy atom. The summed E-state index contributed by atoms with van der Waals surface area (Å²) in [5.41, 5.74) is 7.09. The lowest BCUT2D eigenvalue weighted by Crippen LogP contribution is -2.32. The predicted molar refractivity (Wildman–Crippen MR) is 83.7 cm³/mol. The van der Waals surface area contributed by atoms with Gasteiger partial charge >= 0.3 is 0 Å². The van der Waals surface area contributed by atoms with E-state index in [4.69, 9.17) is 5.73 Å². The molecule has 0 radical (unpaired) electrons. The summed E-state index contributed by atoms with van der Waals surface area (Å²) in [4.78, 5) is 10.9. The summed E-state index contributed by atoms with van der Waals surface area (Å²) in [7, 11) is 0. The van der Waals surface area contributed by atoms with Gasteiger partial charge in [0.15, 0.2) is 0 Å². The number of rotatable bonds is 4. The van der Waals surface area contributed by atoms with Crippen LogP contribution in [-0.4, -0.2) is 11.5 Å². The Bertz CT molecular complexity index is 483. The summed E-state index contributed by atoms with van der Waals surface area (Å²) in [5, 5.41) is 11.2. The highest BCUT2D eigenvalue weighted by Crippen LogP contribution is 2.39. The van der Waals surface area contributed by atoms with Crippen LogP contribution in [0, 0.1) is 15.5 Å². The van der Waals surface area contributed by atoms with Crippen molar-refractivity contribution in [3.63, 3.8) is 0 Å². The van der Waals surface area contributed by atoms with E-state index in [0.29, 0.717) is 13.0 Å². The standard InChI is InChI=1S/C15H21BrN2O2/c16-13-6-5-12(14(9-13)18(19)20)10-15(11-17)7-3-1-2-4-8-15/h5-6,9H,1-4,7-8,10-11,17H2. The van der Waals surface area contributed by atoms with E-state index in [-0.39, 0.29) is 16.0 Å². The average molecular weight is 341 g/mol. The zero-order valence-corrected chi connectivity index (χ0v) is 13.2. The van der Waals surface area contributed by atoms with Crippen molar-refractivity contribution in [3.05, 3.63) is 38.3 Å². The van der Waals surface area contributed by atoms with Crippen molar-refractivity contribution in [2.75, 3.05) is 6.54 Å². The summed E-state index contributed by atoms with van der Waals surface area (Å²) in [6.45, 7) is 0.611. The number of nitrogens with zero attached hydrogens (tertiary/aromatic N) is 1. The van der Waals surface area contributed by atoms with E-state index < -0.39 is 0 Å². The first-order chi connectivity index (χ1) is 9.56. The maximum Gasteiger partial charge on any atom is 0.273 e. The predicted octanol–water partition coefficient (Wildman–Crippen LogP) is 4.20. The molecule has 1 aromatic carbocycles. The zero-order valence-electron chi connectivity index (χ0n) is 11.6. The molecule has 0 bridgehead atoms. The van der Waals surface area contributed by atoms with Gasteiger partial charge in [-0.25, -0.2) is 0 Å². The van der Waals surface area contributed by atoms with Gasteiger partial charge in [0.1, 0.15) is 0 Å². The molecule has 0 atom stereocenters. The van der Waals surface area contributed by atoms with Crippen molar-refractivity contribution in [2.24, 2.45) is 11.1 Å². The van der Waals surface area contributed by atoms with Gasteiger partial charge in [-0.3, -0.25) is 10.1 Å². The van der Waals surface area contributed by atoms with Gasteiger partial charge in [-0.05, 0) is 37.3 Å². The minimum absolute atomic E-state index is 0.0368. The van der Waals surface area contributed by atoms with Gasteiger partial charge < -0.3 is 5.73 Å². The minimum Gasteiger partial charge on any atom is -0.330 e. The third-order valence-corrected chi connectivity index (χ3v) is 4.90. The van der Waals surface area contributed by atoms with Crippen molar-refractivity contribution >= 4 is 21.6 Å². The molecule has 1 aromatic rings. The SMILES string of the molecule is NCC1(Cc2ccc(Br)cc2[N+](=O)[O-])CCCCCC1. The van der Waals surface area contributed by atoms with Crippen LogP contribution in [0.4, 0.5) is 5.69 Å². The molecule has 20 heavy (non-hydrogen) atoms. The lowest BCUT2D eigenvalue weighted by Gasteiger charge is -2.31. The van der Waals surface area contributed by atoms with E-state index in [9.17, 15) is 10.1 Å². The van der Waals surface area contributed by atoms with Gasteiger partial charge in [0.2, 0.25) is 0 Å². The summed E-state index contributed by atoms with van der Waals surface area (Å²) in [5.74, 6) is 0. The van der Waals surface area contributed by atoms with Crippen LogP contribution in [0.2, 0.25) is 0 Å². The van der Waals surface area contributed by atoms with Gasteiger partial charge in [-0.15, -0.1) is 0 Å². The molecule has 1 fully saturated rings. The summed E-state index contributed by atoms with van der Waals surface area (Å²) < 4.78 is 0.746. The molecule has 0 unspecified atom stereocenters. The van der Waals surface area contributed by atoms with Crippen molar-refractivity contribution in [1.29, 1.82) is 0 Å². The summed E-state index contributed by atoms with van der Waals surface area (Å²) >= 11 is 3.30. The first-order valence-electron chi connectivity index (χ1n) is 7.19. The average Bonchev–Trinajstić information content (AvgIpc) is 2.67. The number of benzene rings is 1. The molecule has 1 saturated carbocycles. The first-order valence-corrected chi connectivity index (χ1v) is 7.98. The smallest absolute Gasteiger partial charge is 0.273 e. The van der Waals surface area contributed by atoms with Crippen LogP contribution < -0.4 is 5.73 Å². The highest BCUT2D eigenvalue weighted by Gasteiger charge is 2.32.